The molecule has 30 heavy (non-hydrogen) atoms. The van der Waals surface area contributed by atoms with Gasteiger partial charge in [0.25, 0.3) is 5.91 Å². The van der Waals surface area contributed by atoms with Crippen molar-refractivity contribution in [3.8, 4) is 6.07 Å². The van der Waals surface area contributed by atoms with Crippen molar-refractivity contribution in [2.45, 2.75) is 32.9 Å². The highest BCUT2D eigenvalue weighted by Crippen LogP contribution is 2.15. The summed E-state index contributed by atoms with van der Waals surface area (Å²) in [6, 6.07) is 20.6. The molecule has 2 aromatic carbocycles. The smallest absolute Gasteiger partial charge is 0.263 e. The molecule has 0 saturated carbocycles. The zero-order valence-corrected chi connectivity index (χ0v) is 17.8. The molecule has 1 heterocycles. The van der Waals surface area contributed by atoms with Gasteiger partial charge in [-0.25, -0.2) is 0 Å². The Morgan fingerprint density at radius 1 is 1.07 bits per heavy atom. The van der Waals surface area contributed by atoms with Gasteiger partial charge in [0.05, 0.1) is 6.04 Å². The van der Waals surface area contributed by atoms with Gasteiger partial charge < -0.3 is 10.2 Å². The van der Waals surface area contributed by atoms with E-state index in [0.29, 0.717) is 0 Å². The first-order valence-electron chi connectivity index (χ1n) is 10.6. The molecule has 0 spiro atoms. The Morgan fingerprint density at radius 3 is 2.33 bits per heavy atom. The Hall–Kier alpha value is -3.10. The van der Waals surface area contributed by atoms with Crippen molar-refractivity contribution in [3.05, 3.63) is 83.1 Å². The van der Waals surface area contributed by atoms with Crippen LogP contribution in [0, 0.1) is 11.3 Å². The van der Waals surface area contributed by atoms with Crippen molar-refractivity contribution in [2.75, 3.05) is 26.2 Å². The molecule has 1 unspecified atom stereocenters. The number of nitrogens with zero attached hydrogens (tertiary/aromatic N) is 3. The average Bonchev–Trinajstić information content (AvgIpc) is 2.79. The number of rotatable bonds is 7. The van der Waals surface area contributed by atoms with Gasteiger partial charge in [-0.05, 0) is 30.0 Å². The Bertz CT molecular complexity index is 891. The third-order valence-electron chi connectivity index (χ3n) is 5.57. The highest BCUT2D eigenvalue weighted by atomic mass is 16.1. The van der Waals surface area contributed by atoms with E-state index in [1.807, 2.05) is 25.1 Å². The summed E-state index contributed by atoms with van der Waals surface area (Å²) in [5, 5.41) is 12.5. The van der Waals surface area contributed by atoms with E-state index >= 15 is 0 Å². The van der Waals surface area contributed by atoms with E-state index < -0.39 is 0 Å². The summed E-state index contributed by atoms with van der Waals surface area (Å²) >= 11 is 0. The summed E-state index contributed by atoms with van der Waals surface area (Å²) in [5.74, 6) is -0.323. The summed E-state index contributed by atoms with van der Waals surface area (Å²) in [4.78, 5) is 17.1. The average molecular weight is 403 g/mol. The number of carbonyl (C=O) groups is 1. The quantitative estimate of drug-likeness (QED) is 0.567. The van der Waals surface area contributed by atoms with E-state index in [0.717, 1.165) is 44.7 Å². The molecular formula is C25H30N4O. The summed E-state index contributed by atoms with van der Waals surface area (Å²) in [7, 11) is 0. The fourth-order valence-corrected chi connectivity index (χ4v) is 3.61. The van der Waals surface area contributed by atoms with Gasteiger partial charge in [0.2, 0.25) is 0 Å². The number of aryl methyl sites for hydroxylation is 1. The molecule has 156 valence electrons. The Kier molecular flexibility index (Phi) is 7.64. The Labute approximate surface area is 179 Å². The molecule has 1 amide bonds. The van der Waals surface area contributed by atoms with Gasteiger partial charge in [0.1, 0.15) is 11.6 Å². The van der Waals surface area contributed by atoms with E-state index in [9.17, 15) is 10.1 Å². The van der Waals surface area contributed by atoms with Crippen molar-refractivity contribution in [2.24, 2.45) is 0 Å². The van der Waals surface area contributed by atoms with Crippen molar-refractivity contribution in [1.82, 2.24) is 15.1 Å². The lowest BCUT2D eigenvalue weighted by molar-refractivity contribution is -0.117. The van der Waals surface area contributed by atoms with E-state index in [1.165, 1.54) is 11.1 Å². The zero-order chi connectivity index (χ0) is 21.3. The van der Waals surface area contributed by atoms with Gasteiger partial charge in [0.15, 0.2) is 0 Å². The van der Waals surface area contributed by atoms with Crippen LogP contribution in [0.25, 0.3) is 0 Å². The number of carbonyl (C=O) groups excluding carboxylic acids is 1. The minimum absolute atomic E-state index is 0.150. The summed E-state index contributed by atoms with van der Waals surface area (Å²) in [6.45, 7) is 8.41. The standard InChI is InChI=1S/C25H30N4O/c1-3-21-9-11-23(12-10-21)20(2)27-25(30)24(17-26)19-29-15-13-28(14-16-29)18-22-7-5-4-6-8-22/h4-12,19-20H,3,13-16,18H2,1-2H3,(H,27,30)/b24-19-. The highest BCUT2D eigenvalue weighted by molar-refractivity contribution is 5.97. The molecule has 1 aliphatic heterocycles. The van der Waals surface area contributed by atoms with E-state index in [2.05, 4.69) is 64.5 Å². The van der Waals surface area contributed by atoms with Gasteiger partial charge in [-0.3, -0.25) is 9.69 Å². The maximum Gasteiger partial charge on any atom is 0.263 e. The third kappa shape index (κ3) is 5.95. The summed E-state index contributed by atoms with van der Waals surface area (Å²) < 4.78 is 0. The lowest BCUT2D eigenvalue weighted by Crippen LogP contribution is -2.44. The minimum atomic E-state index is -0.323. The molecule has 3 rings (SSSR count). The van der Waals surface area contributed by atoms with Crippen LogP contribution < -0.4 is 5.32 Å². The molecule has 0 radical (unpaired) electrons. The van der Waals surface area contributed by atoms with Crippen molar-refractivity contribution in [3.63, 3.8) is 0 Å². The first kappa shape index (κ1) is 21.6. The van der Waals surface area contributed by atoms with Crippen LogP contribution in [0.2, 0.25) is 0 Å². The molecular weight excluding hydrogens is 372 g/mol. The minimum Gasteiger partial charge on any atom is -0.374 e. The predicted octanol–water partition coefficient (Wildman–Crippen LogP) is 3.65. The van der Waals surface area contributed by atoms with Crippen LogP contribution in [0.5, 0.6) is 0 Å². The van der Waals surface area contributed by atoms with Crippen LogP contribution in [-0.2, 0) is 17.8 Å². The number of nitrogens with one attached hydrogen (secondary N) is 1. The predicted molar refractivity (Wildman–Crippen MR) is 119 cm³/mol. The van der Waals surface area contributed by atoms with Gasteiger partial charge in [-0.1, -0.05) is 61.5 Å². The molecule has 1 N–H and O–H groups in total. The molecule has 2 aromatic rings. The topological polar surface area (TPSA) is 59.4 Å². The van der Waals surface area contributed by atoms with Crippen LogP contribution in [0.3, 0.4) is 0 Å². The second-order valence-electron chi connectivity index (χ2n) is 7.74. The molecule has 1 atom stereocenters. The second kappa shape index (κ2) is 10.6. The summed E-state index contributed by atoms with van der Waals surface area (Å²) in [6.07, 6.45) is 2.70. The van der Waals surface area contributed by atoms with Crippen LogP contribution in [-0.4, -0.2) is 41.9 Å². The highest BCUT2D eigenvalue weighted by Gasteiger charge is 2.18. The molecule has 5 heteroatoms. The van der Waals surface area contributed by atoms with E-state index in [-0.39, 0.29) is 17.5 Å². The number of nitriles is 1. The number of hydrogen-bond acceptors (Lipinski definition) is 4. The fraction of sp³-hybridized carbons (Fsp3) is 0.360. The monoisotopic (exact) mass is 402 g/mol. The molecule has 5 nitrogen and oxygen atoms in total. The molecule has 1 fully saturated rings. The van der Waals surface area contributed by atoms with Gasteiger partial charge in [-0.15, -0.1) is 0 Å². The molecule has 1 saturated heterocycles. The largest absolute Gasteiger partial charge is 0.374 e. The maximum atomic E-state index is 12.6. The van der Waals surface area contributed by atoms with Gasteiger partial charge in [-0.2, -0.15) is 5.26 Å². The first-order valence-corrected chi connectivity index (χ1v) is 10.6. The second-order valence-corrected chi connectivity index (χ2v) is 7.74. The molecule has 1 aliphatic rings. The Balaban J connectivity index is 1.53. The van der Waals surface area contributed by atoms with Crippen molar-refractivity contribution < 1.29 is 4.79 Å². The van der Waals surface area contributed by atoms with E-state index in [1.54, 1.807) is 6.20 Å². The van der Waals surface area contributed by atoms with Gasteiger partial charge in [0, 0.05) is 38.9 Å². The van der Waals surface area contributed by atoms with Crippen LogP contribution in [0.1, 0.15) is 36.6 Å². The molecule has 0 aliphatic carbocycles. The van der Waals surface area contributed by atoms with Gasteiger partial charge >= 0.3 is 0 Å². The molecule has 0 aromatic heterocycles. The normalized spacial score (nSPS) is 16.0. The lowest BCUT2D eigenvalue weighted by Gasteiger charge is -2.34. The number of piperazine rings is 1. The van der Waals surface area contributed by atoms with Crippen LogP contribution in [0.15, 0.2) is 66.4 Å². The Morgan fingerprint density at radius 2 is 1.73 bits per heavy atom. The van der Waals surface area contributed by atoms with Crippen molar-refractivity contribution in [1.29, 1.82) is 5.26 Å². The third-order valence-corrected chi connectivity index (χ3v) is 5.57. The molecule has 0 bridgehead atoms. The number of hydrogen-bond donors (Lipinski definition) is 1. The first-order chi connectivity index (χ1) is 14.6. The van der Waals surface area contributed by atoms with Crippen molar-refractivity contribution >= 4 is 5.91 Å². The summed E-state index contributed by atoms with van der Waals surface area (Å²) in [5.41, 5.74) is 3.76. The zero-order valence-electron chi connectivity index (χ0n) is 17.8. The van der Waals surface area contributed by atoms with Crippen LogP contribution in [0.4, 0.5) is 0 Å². The number of benzene rings is 2. The van der Waals surface area contributed by atoms with E-state index in [4.69, 9.17) is 0 Å². The number of amides is 1. The SMILES string of the molecule is CCc1ccc(C(C)NC(=O)/C(C#N)=C\N2CCN(Cc3ccccc3)CC2)cc1. The fourth-order valence-electron chi connectivity index (χ4n) is 3.61. The van der Waals surface area contributed by atoms with Crippen LogP contribution >= 0.6 is 0 Å². The lowest BCUT2D eigenvalue weighted by atomic mass is 10.0. The maximum absolute atomic E-state index is 12.6.